The molecule has 2 aromatic rings. The van der Waals surface area contributed by atoms with Gasteiger partial charge in [0.2, 0.25) is 0 Å². The Morgan fingerprint density at radius 3 is 2.32 bits per heavy atom. The molecule has 0 amide bonds. The summed E-state index contributed by atoms with van der Waals surface area (Å²) < 4.78 is 5.22. The Morgan fingerprint density at radius 1 is 1.12 bits per heavy atom. The summed E-state index contributed by atoms with van der Waals surface area (Å²) in [5.74, 6) is 1.60. The van der Waals surface area contributed by atoms with E-state index >= 15 is 0 Å². The first-order valence-electron chi connectivity index (χ1n) is 8.42. The van der Waals surface area contributed by atoms with E-state index < -0.39 is 0 Å². The maximum absolute atomic E-state index is 6.12. The summed E-state index contributed by atoms with van der Waals surface area (Å²) in [6.07, 6.45) is 0. The van der Waals surface area contributed by atoms with Crippen molar-refractivity contribution in [2.75, 3.05) is 7.11 Å². The highest BCUT2D eigenvalue weighted by molar-refractivity contribution is 8.13. The van der Waals surface area contributed by atoms with Crippen molar-refractivity contribution in [3.8, 4) is 5.75 Å². The van der Waals surface area contributed by atoms with E-state index in [-0.39, 0.29) is 5.41 Å². The van der Waals surface area contributed by atoms with Gasteiger partial charge >= 0.3 is 0 Å². The van der Waals surface area contributed by atoms with Gasteiger partial charge in [-0.3, -0.25) is 0 Å². The molecule has 3 nitrogen and oxygen atoms in total. The first kappa shape index (κ1) is 19.4. The number of rotatable bonds is 4. The summed E-state index contributed by atoms with van der Waals surface area (Å²) in [7, 11) is 1.65. The van der Waals surface area contributed by atoms with Crippen LogP contribution >= 0.6 is 11.8 Å². The lowest BCUT2D eigenvalue weighted by molar-refractivity contribution is 0.415. The predicted molar refractivity (Wildman–Crippen MR) is 110 cm³/mol. The fourth-order valence-corrected chi connectivity index (χ4v) is 3.56. The molecule has 0 saturated carbocycles. The molecule has 0 atom stereocenters. The molecular weight excluding hydrogens is 328 g/mol. The Hall–Kier alpha value is -1.94. The van der Waals surface area contributed by atoms with Crippen LogP contribution in [0.3, 0.4) is 0 Å². The van der Waals surface area contributed by atoms with Crippen LogP contribution in [0.5, 0.6) is 5.75 Å². The van der Waals surface area contributed by atoms with Gasteiger partial charge in [0.1, 0.15) is 5.75 Å². The van der Waals surface area contributed by atoms with Crippen LogP contribution in [0.25, 0.3) is 0 Å². The van der Waals surface area contributed by atoms with Crippen molar-refractivity contribution in [3.05, 3.63) is 58.7 Å². The molecule has 0 heterocycles. The largest absolute Gasteiger partial charge is 0.497 e. The normalized spacial score (nSPS) is 12.3. The monoisotopic (exact) mass is 356 g/mol. The second-order valence-corrected chi connectivity index (χ2v) is 8.27. The van der Waals surface area contributed by atoms with E-state index in [4.69, 9.17) is 10.5 Å². The molecule has 0 aliphatic heterocycles. The van der Waals surface area contributed by atoms with E-state index in [1.54, 1.807) is 18.9 Å². The van der Waals surface area contributed by atoms with Gasteiger partial charge in [-0.25, -0.2) is 4.99 Å². The number of hydrogen-bond acceptors (Lipinski definition) is 3. The van der Waals surface area contributed by atoms with Gasteiger partial charge in [0.15, 0.2) is 5.17 Å². The zero-order chi connectivity index (χ0) is 18.6. The average molecular weight is 357 g/mol. The standard InChI is InChI=1S/C21H28N2OS/c1-14-10-16(21(3,4)5)11-15(2)19(14)13-25-20(22)23-17-8-7-9-18(12-17)24-6/h7-12H,13H2,1-6H3,(H2,22,23). The zero-order valence-electron chi connectivity index (χ0n) is 16.0. The van der Waals surface area contributed by atoms with Gasteiger partial charge in [-0.2, -0.15) is 0 Å². The fraction of sp³-hybridized carbons (Fsp3) is 0.381. The van der Waals surface area contributed by atoms with Crippen molar-refractivity contribution in [1.82, 2.24) is 0 Å². The lowest BCUT2D eigenvalue weighted by atomic mass is 9.84. The first-order chi connectivity index (χ1) is 11.7. The highest BCUT2D eigenvalue weighted by Gasteiger charge is 2.16. The molecule has 4 heteroatoms. The molecule has 0 aliphatic rings. The number of nitrogens with two attached hydrogens (primary N) is 1. The van der Waals surface area contributed by atoms with Crippen LogP contribution in [0.1, 0.15) is 43.0 Å². The number of ether oxygens (including phenoxy) is 1. The van der Waals surface area contributed by atoms with Crippen LogP contribution < -0.4 is 10.5 Å². The van der Waals surface area contributed by atoms with Gasteiger partial charge in [-0.05, 0) is 53.6 Å². The zero-order valence-corrected chi connectivity index (χ0v) is 16.8. The summed E-state index contributed by atoms with van der Waals surface area (Å²) in [4.78, 5) is 4.48. The smallest absolute Gasteiger partial charge is 0.159 e. The van der Waals surface area contributed by atoms with Gasteiger partial charge in [-0.1, -0.05) is 50.7 Å². The number of nitrogens with zero attached hydrogens (tertiary/aromatic N) is 1. The number of thioether (sulfide) groups is 1. The molecule has 0 fully saturated rings. The predicted octanol–water partition coefficient (Wildman–Crippen LogP) is 5.49. The minimum Gasteiger partial charge on any atom is -0.497 e. The molecule has 0 bridgehead atoms. The molecule has 0 aromatic heterocycles. The minimum absolute atomic E-state index is 0.161. The molecule has 134 valence electrons. The van der Waals surface area contributed by atoms with Crippen molar-refractivity contribution in [1.29, 1.82) is 0 Å². The lowest BCUT2D eigenvalue weighted by Gasteiger charge is -2.22. The van der Waals surface area contributed by atoms with E-state index in [1.165, 1.54) is 22.3 Å². The summed E-state index contributed by atoms with van der Waals surface area (Å²) in [6, 6.07) is 12.2. The second kappa shape index (κ2) is 7.96. The van der Waals surface area contributed by atoms with Gasteiger partial charge in [-0.15, -0.1) is 0 Å². The summed E-state index contributed by atoms with van der Waals surface area (Å²) in [6.45, 7) is 11.1. The van der Waals surface area contributed by atoms with Gasteiger partial charge in [0.05, 0.1) is 12.8 Å². The SMILES string of the molecule is COc1cccc(N=C(N)SCc2c(C)cc(C(C)(C)C)cc2C)c1. The van der Waals surface area contributed by atoms with E-state index in [0.717, 1.165) is 17.2 Å². The Morgan fingerprint density at radius 2 is 1.76 bits per heavy atom. The molecule has 0 unspecified atom stereocenters. The number of aliphatic imine (C=N–C) groups is 1. The summed E-state index contributed by atoms with van der Waals surface area (Å²) in [5.41, 5.74) is 12.4. The van der Waals surface area contributed by atoms with Crippen LogP contribution in [0.2, 0.25) is 0 Å². The Balaban J connectivity index is 2.14. The molecule has 2 rings (SSSR count). The van der Waals surface area contributed by atoms with Crippen molar-refractivity contribution < 1.29 is 4.74 Å². The van der Waals surface area contributed by atoms with E-state index in [9.17, 15) is 0 Å². The molecular formula is C21H28N2OS. The highest BCUT2D eigenvalue weighted by Crippen LogP contribution is 2.29. The van der Waals surface area contributed by atoms with Gasteiger partial charge in [0, 0.05) is 11.8 Å². The number of methoxy groups -OCH3 is 1. The molecule has 2 N–H and O–H groups in total. The summed E-state index contributed by atoms with van der Waals surface area (Å²) >= 11 is 1.57. The summed E-state index contributed by atoms with van der Waals surface area (Å²) in [5, 5.41) is 0.562. The highest BCUT2D eigenvalue weighted by atomic mass is 32.2. The Bertz CT molecular complexity index is 753. The van der Waals surface area contributed by atoms with E-state index in [1.807, 2.05) is 24.3 Å². The molecule has 2 aromatic carbocycles. The minimum atomic E-state index is 0.161. The van der Waals surface area contributed by atoms with Crippen molar-refractivity contribution in [2.45, 2.75) is 45.8 Å². The quantitative estimate of drug-likeness (QED) is 0.582. The molecule has 25 heavy (non-hydrogen) atoms. The molecule has 0 radical (unpaired) electrons. The maximum Gasteiger partial charge on any atom is 0.159 e. The maximum atomic E-state index is 6.12. The van der Waals surface area contributed by atoms with Gasteiger partial charge in [0.25, 0.3) is 0 Å². The molecule has 0 saturated heterocycles. The third kappa shape index (κ3) is 5.27. The van der Waals surface area contributed by atoms with Crippen LogP contribution in [-0.2, 0) is 11.2 Å². The van der Waals surface area contributed by atoms with Crippen molar-refractivity contribution >= 4 is 22.6 Å². The van der Waals surface area contributed by atoms with E-state index in [2.05, 4.69) is 51.7 Å². The van der Waals surface area contributed by atoms with Gasteiger partial charge < -0.3 is 10.5 Å². The number of benzene rings is 2. The Kier molecular flexibility index (Phi) is 6.17. The molecule has 0 spiro atoms. The number of amidine groups is 1. The van der Waals surface area contributed by atoms with E-state index in [0.29, 0.717) is 5.17 Å². The number of aryl methyl sites for hydroxylation is 2. The van der Waals surface area contributed by atoms with Crippen LogP contribution in [0.4, 0.5) is 5.69 Å². The third-order valence-corrected chi connectivity index (χ3v) is 5.04. The van der Waals surface area contributed by atoms with Crippen LogP contribution in [-0.4, -0.2) is 12.3 Å². The van der Waals surface area contributed by atoms with Crippen molar-refractivity contribution in [2.24, 2.45) is 10.7 Å². The van der Waals surface area contributed by atoms with Crippen molar-refractivity contribution in [3.63, 3.8) is 0 Å². The third-order valence-electron chi connectivity index (χ3n) is 4.22. The average Bonchev–Trinajstić information content (AvgIpc) is 2.53. The number of hydrogen-bond donors (Lipinski definition) is 1. The first-order valence-corrected chi connectivity index (χ1v) is 9.41. The Labute approximate surface area is 155 Å². The topological polar surface area (TPSA) is 47.6 Å². The van der Waals surface area contributed by atoms with Crippen LogP contribution in [0, 0.1) is 13.8 Å². The molecule has 0 aliphatic carbocycles. The fourth-order valence-electron chi connectivity index (χ4n) is 2.64. The second-order valence-electron chi connectivity index (χ2n) is 7.28. The lowest BCUT2D eigenvalue weighted by Crippen LogP contribution is -2.13. The van der Waals surface area contributed by atoms with Crippen LogP contribution in [0.15, 0.2) is 41.4 Å².